The highest BCUT2D eigenvalue weighted by Crippen LogP contribution is 2.39. The van der Waals surface area contributed by atoms with Crippen LogP contribution >= 0.6 is 12.4 Å². The molecule has 0 radical (unpaired) electrons. The molecule has 0 aliphatic heterocycles. The molecule has 2 saturated carbocycles. The van der Waals surface area contributed by atoms with E-state index in [1.54, 1.807) is 10.9 Å². The predicted molar refractivity (Wildman–Crippen MR) is 100 cm³/mol. The topological polar surface area (TPSA) is 72.9 Å². The smallest absolute Gasteiger partial charge is 0.251 e. The van der Waals surface area contributed by atoms with E-state index in [0.29, 0.717) is 23.4 Å². The molecule has 2 unspecified atom stereocenters. The second kappa shape index (κ2) is 7.58. The molecule has 134 valence electrons. The molecule has 25 heavy (non-hydrogen) atoms. The molecule has 6 heteroatoms. The highest BCUT2D eigenvalue weighted by atomic mass is 35.5. The van der Waals surface area contributed by atoms with Crippen molar-refractivity contribution in [3.8, 4) is 5.69 Å². The molecule has 4 rings (SSSR count). The second-order valence-corrected chi connectivity index (χ2v) is 7.18. The van der Waals surface area contributed by atoms with Crippen molar-refractivity contribution in [1.82, 2.24) is 15.1 Å². The third-order valence-corrected chi connectivity index (χ3v) is 5.57. The number of carbonyl (C=O) groups excluding carboxylic acids is 1. The van der Waals surface area contributed by atoms with Crippen molar-refractivity contribution in [1.29, 1.82) is 0 Å². The summed E-state index contributed by atoms with van der Waals surface area (Å²) in [7, 11) is 0. The first kappa shape index (κ1) is 18.0. The normalized spacial score (nSPS) is 28.0. The van der Waals surface area contributed by atoms with Gasteiger partial charge in [-0.25, -0.2) is 4.68 Å². The predicted octanol–water partition coefficient (Wildman–Crippen LogP) is 2.93. The lowest BCUT2D eigenvalue weighted by Gasteiger charge is -2.45. The molecule has 3 N–H and O–H groups in total. The van der Waals surface area contributed by atoms with Crippen molar-refractivity contribution in [3.63, 3.8) is 0 Å². The number of halogens is 1. The molecule has 1 aromatic heterocycles. The summed E-state index contributed by atoms with van der Waals surface area (Å²) in [5.41, 5.74) is 7.83. The highest BCUT2D eigenvalue weighted by molar-refractivity contribution is 5.94. The van der Waals surface area contributed by atoms with Crippen LogP contribution in [-0.4, -0.2) is 27.8 Å². The molecular weight excluding hydrogens is 336 g/mol. The highest BCUT2D eigenvalue weighted by Gasteiger charge is 2.39. The van der Waals surface area contributed by atoms with Crippen molar-refractivity contribution in [2.45, 2.75) is 44.2 Å². The number of fused-ring (bicyclic) bond motifs is 2. The summed E-state index contributed by atoms with van der Waals surface area (Å²) in [6.07, 6.45) is 9.36. The average molecular weight is 361 g/mol. The van der Waals surface area contributed by atoms with Gasteiger partial charge in [-0.1, -0.05) is 6.42 Å². The molecular formula is C19H25ClN4O. The van der Waals surface area contributed by atoms with Crippen LogP contribution in [0.15, 0.2) is 42.7 Å². The number of benzene rings is 1. The molecule has 0 saturated heterocycles. The van der Waals surface area contributed by atoms with Gasteiger partial charge in [0.2, 0.25) is 0 Å². The van der Waals surface area contributed by atoms with Crippen LogP contribution in [0.5, 0.6) is 0 Å². The van der Waals surface area contributed by atoms with Crippen LogP contribution in [0.25, 0.3) is 5.69 Å². The fraction of sp³-hybridized carbons (Fsp3) is 0.474. The molecule has 2 aliphatic rings. The van der Waals surface area contributed by atoms with Gasteiger partial charge in [-0.05, 0) is 67.9 Å². The Balaban J connectivity index is 0.00000182. The van der Waals surface area contributed by atoms with Crippen LogP contribution in [0, 0.1) is 11.8 Å². The molecule has 2 bridgehead atoms. The van der Waals surface area contributed by atoms with Gasteiger partial charge in [-0.2, -0.15) is 5.10 Å². The number of hydrogen-bond donors (Lipinski definition) is 2. The number of carbonyl (C=O) groups is 1. The summed E-state index contributed by atoms with van der Waals surface area (Å²) in [4.78, 5) is 12.7. The fourth-order valence-electron chi connectivity index (χ4n) is 4.45. The van der Waals surface area contributed by atoms with E-state index in [2.05, 4.69) is 10.4 Å². The van der Waals surface area contributed by atoms with Crippen molar-refractivity contribution < 1.29 is 4.79 Å². The number of nitrogens with two attached hydrogens (primary N) is 1. The van der Waals surface area contributed by atoms with E-state index >= 15 is 0 Å². The second-order valence-electron chi connectivity index (χ2n) is 7.18. The quantitative estimate of drug-likeness (QED) is 0.883. The molecule has 2 fully saturated rings. The van der Waals surface area contributed by atoms with Gasteiger partial charge in [0.25, 0.3) is 5.91 Å². The van der Waals surface area contributed by atoms with E-state index in [9.17, 15) is 4.79 Å². The van der Waals surface area contributed by atoms with Gasteiger partial charge in [-0.3, -0.25) is 4.79 Å². The summed E-state index contributed by atoms with van der Waals surface area (Å²) < 4.78 is 1.79. The zero-order valence-corrected chi connectivity index (χ0v) is 15.0. The zero-order valence-electron chi connectivity index (χ0n) is 14.2. The summed E-state index contributed by atoms with van der Waals surface area (Å²) in [5, 5.41) is 7.50. The first-order valence-electron chi connectivity index (χ1n) is 8.87. The minimum absolute atomic E-state index is 0. The fourth-order valence-corrected chi connectivity index (χ4v) is 4.45. The Morgan fingerprint density at radius 3 is 2.44 bits per heavy atom. The van der Waals surface area contributed by atoms with Crippen LogP contribution in [0.4, 0.5) is 0 Å². The Labute approximate surface area is 154 Å². The van der Waals surface area contributed by atoms with Crippen LogP contribution in [0.1, 0.15) is 42.5 Å². The zero-order chi connectivity index (χ0) is 16.5. The molecule has 2 aromatic rings. The Hall–Kier alpha value is -1.85. The van der Waals surface area contributed by atoms with Crippen LogP contribution in [0.3, 0.4) is 0 Å². The maximum atomic E-state index is 12.7. The van der Waals surface area contributed by atoms with E-state index in [-0.39, 0.29) is 24.4 Å². The first-order valence-corrected chi connectivity index (χ1v) is 8.87. The van der Waals surface area contributed by atoms with Crippen LogP contribution in [0.2, 0.25) is 0 Å². The summed E-state index contributed by atoms with van der Waals surface area (Å²) >= 11 is 0. The van der Waals surface area contributed by atoms with Crippen molar-refractivity contribution in [2.75, 3.05) is 0 Å². The number of rotatable bonds is 3. The lowest BCUT2D eigenvalue weighted by atomic mass is 9.67. The van der Waals surface area contributed by atoms with Gasteiger partial charge < -0.3 is 11.1 Å². The van der Waals surface area contributed by atoms with Gasteiger partial charge in [-0.15, -0.1) is 12.4 Å². The number of aromatic nitrogens is 2. The molecule has 2 aliphatic carbocycles. The minimum Gasteiger partial charge on any atom is -0.349 e. The largest absolute Gasteiger partial charge is 0.349 e. The van der Waals surface area contributed by atoms with Gasteiger partial charge in [0.15, 0.2) is 0 Å². The lowest BCUT2D eigenvalue weighted by Crippen LogP contribution is -2.53. The van der Waals surface area contributed by atoms with E-state index in [0.717, 1.165) is 18.5 Å². The minimum atomic E-state index is 0. The first-order chi connectivity index (χ1) is 11.7. The molecule has 1 heterocycles. The third-order valence-electron chi connectivity index (χ3n) is 5.57. The van der Waals surface area contributed by atoms with Crippen LogP contribution < -0.4 is 11.1 Å². The van der Waals surface area contributed by atoms with E-state index in [1.165, 1.54) is 19.3 Å². The maximum absolute atomic E-state index is 12.7. The van der Waals surface area contributed by atoms with Crippen molar-refractivity contribution >= 4 is 18.3 Å². The van der Waals surface area contributed by atoms with Crippen molar-refractivity contribution in [3.05, 3.63) is 48.3 Å². The number of nitrogens with one attached hydrogen (secondary N) is 1. The average Bonchev–Trinajstić information content (AvgIpc) is 3.10. The Bertz CT molecular complexity index is 687. The Kier molecular flexibility index (Phi) is 5.45. The molecule has 2 atom stereocenters. The molecule has 1 amide bonds. The lowest BCUT2D eigenvalue weighted by molar-refractivity contribution is 0.0756. The summed E-state index contributed by atoms with van der Waals surface area (Å²) in [5.74, 6) is 1.11. The van der Waals surface area contributed by atoms with E-state index in [4.69, 9.17) is 5.73 Å². The summed E-state index contributed by atoms with van der Waals surface area (Å²) in [6.45, 7) is 0. The molecule has 0 spiro atoms. The van der Waals surface area contributed by atoms with E-state index < -0.39 is 0 Å². The van der Waals surface area contributed by atoms with E-state index in [1.807, 2.05) is 36.5 Å². The molecule has 5 nitrogen and oxygen atoms in total. The number of nitrogens with zero attached hydrogens (tertiary/aromatic N) is 2. The Morgan fingerprint density at radius 2 is 1.84 bits per heavy atom. The maximum Gasteiger partial charge on any atom is 0.251 e. The monoisotopic (exact) mass is 360 g/mol. The SMILES string of the molecule is Cl.NC1CC2CCCC(C1)C2NC(=O)c1ccc(-n2cccn2)cc1. The standard InChI is InChI=1S/C19H24N4O.ClH/c20-16-11-14-3-1-4-15(12-16)18(14)22-19(24)13-5-7-17(8-6-13)23-10-2-9-21-23;/h2,5-10,14-16,18H,1,3-4,11-12,20H2,(H,22,24);1H. The van der Waals surface area contributed by atoms with Gasteiger partial charge >= 0.3 is 0 Å². The molecule has 1 aromatic carbocycles. The number of hydrogen-bond acceptors (Lipinski definition) is 3. The van der Waals surface area contributed by atoms with Gasteiger partial charge in [0.05, 0.1) is 5.69 Å². The summed E-state index contributed by atoms with van der Waals surface area (Å²) in [6, 6.07) is 10.1. The van der Waals surface area contributed by atoms with Gasteiger partial charge in [0, 0.05) is 30.0 Å². The van der Waals surface area contributed by atoms with Gasteiger partial charge in [0.1, 0.15) is 0 Å². The van der Waals surface area contributed by atoms with Crippen LogP contribution in [-0.2, 0) is 0 Å². The third kappa shape index (κ3) is 3.72. The number of amides is 1. The Morgan fingerprint density at radius 1 is 1.16 bits per heavy atom. The van der Waals surface area contributed by atoms with Crippen molar-refractivity contribution in [2.24, 2.45) is 17.6 Å².